The molecule has 0 radical (unpaired) electrons. The first-order valence-corrected chi connectivity index (χ1v) is 8.55. The zero-order valence-corrected chi connectivity index (χ0v) is 13.9. The first-order valence-electron chi connectivity index (χ1n) is 8.55. The van der Waals surface area contributed by atoms with E-state index in [1.807, 2.05) is 6.92 Å². The molecule has 1 N–H and O–H groups in total. The van der Waals surface area contributed by atoms with E-state index in [1.54, 1.807) is 12.2 Å². The third kappa shape index (κ3) is 2.63. The van der Waals surface area contributed by atoms with Crippen LogP contribution in [-0.2, 0) is 9.59 Å². The van der Waals surface area contributed by atoms with Crippen LogP contribution in [-0.4, -0.2) is 18.2 Å². The minimum Gasteiger partial charge on any atom is -0.353 e. The third-order valence-corrected chi connectivity index (χ3v) is 6.19. The lowest BCUT2D eigenvalue weighted by Crippen LogP contribution is -2.48. The molecule has 0 saturated heterocycles. The highest BCUT2D eigenvalue weighted by atomic mass is 16.1. The topological polar surface area (TPSA) is 70.0 Å². The molecule has 122 valence electrons. The summed E-state index contributed by atoms with van der Waals surface area (Å²) in [6.07, 6.45) is 7.53. The molecule has 23 heavy (non-hydrogen) atoms. The summed E-state index contributed by atoms with van der Waals surface area (Å²) < 4.78 is 0. The zero-order chi connectivity index (χ0) is 16.6. The van der Waals surface area contributed by atoms with Gasteiger partial charge in [-0.3, -0.25) is 9.59 Å². The number of carbonyl (C=O) groups is 2. The normalized spacial score (nSPS) is 36.7. The van der Waals surface area contributed by atoms with E-state index in [-0.39, 0.29) is 23.0 Å². The number of nitriles is 1. The van der Waals surface area contributed by atoms with Gasteiger partial charge in [0.15, 0.2) is 5.78 Å². The van der Waals surface area contributed by atoms with Gasteiger partial charge in [-0.1, -0.05) is 18.1 Å². The van der Waals surface area contributed by atoms with Crippen LogP contribution in [0.5, 0.6) is 0 Å². The van der Waals surface area contributed by atoms with Crippen LogP contribution in [0.4, 0.5) is 0 Å². The van der Waals surface area contributed by atoms with Crippen LogP contribution in [0, 0.1) is 34.5 Å². The van der Waals surface area contributed by atoms with Gasteiger partial charge in [0.1, 0.15) is 0 Å². The maximum Gasteiger partial charge on any atom is 0.243 e. The monoisotopic (exact) mass is 312 g/mol. The molecule has 0 aromatic rings. The van der Waals surface area contributed by atoms with Crippen molar-refractivity contribution >= 4 is 11.7 Å². The van der Waals surface area contributed by atoms with Crippen LogP contribution >= 0.6 is 0 Å². The molecule has 1 aliphatic heterocycles. The highest BCUT2D eigenvalue weighted by Gasteiger charge is 2.52. The fourth-order valence-electron chi connectivity index (χ4n) is 5.03. The summed E-state index contributed by atoms with van der Waals surface area (Å²) in [4.78, 5) is 24.7. The quantitative estimate of drug-likeness (QED) is 0.852. The Labute approximate surface area is 137 Å². The van der Waals surface area contributed by atoms with Crippen molar-refractivity contribution in [3.8, 4) is 6.07 Å². The number of carbonyl (C=O) groups excluding carboxylic acids is 2. The Balaban J connectivity index is 2.00. The molecule has 0 bridgehead atoms. The lowest BCUT2D eigenvalue weighted by atomic mass is 9.52. The maximum atomic E-state index is 12.8. The van der Waals surface area contributed by atoms with Crippen molar-refractivity contribution in [2.24, 2.45) is 23.2 Å². The molecule has 0 spiro atoms. The van der Waals surface area contributed by atoms with Crippen molar-refractivity contribution in [1.29, 1.82) is 5.26 Å². The molecule has 4 atom stereocenters. The smallest absolute Gasteiger partial charge is 0.243 e. The van der Waals surface area contributed by atoms with E-state index in [4.69, 9.17) is 5.26 Å². The van der Waals surface area contributed by atoms with Gasteiger partial charge in [-0.2, -0.15) is 5.26 Å². The summed E-state index contributed by atoms with van der Waals surface area (Å²) in [5, 5.41) is 11.9. The minimum absolute atomic E-state index is 0.0295. The highest BCUT2D eigenvalue weighted by Crippen LogP contribution is 2.56. The Bertz CT molecular complexity index is 640. The summed E-state index contributed by atoms with van der Waals surface area (Å²) in [6.45, 7) is 4.81. The van der Waals surface area contributed by atoms with Crippen LogP contribution in [0.15, 0.2) is 23.3 Å². The predicted octanol–water partition coefficient (Wildman–Crippen LogP) is 2.91. The van der Waals surface area contributed by atoms with Crippen molar-refractivity contribution in [3.63, 3.8) is 0 Å². The fourth-order valence-corrected chi connectivity index (χ4v) is 5.03. The van der Waals surface area contributed by atoms with Crippen LogP contribution in [0.1, 0.15) is 46.0 Å². The van der Waals surface area contributed by atoms with Gasteiger partial charge < -0.3 is 5.32 Å². The van der Waals surface area contributed by atoms with Crippen LogP contribution in [0.25, 0.3) is 0 Å². The summed E-state index contributed by atoms with van der Waals surface area (Å²) in [5.41, 5.74) is 2.03. The molecule has 1 amide bonds. The Morgan fingerprint density at radius 1 is 1.39 bits per heavy atom. The summed E-state index contributed by atoms with van der Waals surface area (Å²) in [7, 11) is 0. The van der Waals surface area contributed by atoms with Gasteiger partial charge in [0, 0.05) is 30.4 Å². The lowest BCUT2D eigenvalue weighted by molar-refractivity contribution is -0.127. The number of rotatable bonds is 2. The second kappa shape index (κ2) is 5.96. The maximum absolute atomic E-state index is 12.8. The van der Waals surface area contributed by atoms with Crippen molar-refractivity contribution in [2.45, 2.75) is 46.0 Å². The Hall–Kier alpha value is -1.89. The molecular weight excluding hydrogens is 288 g/mol. The van der Waals surface area contributed by atoms with E-state index in [1.165, 1.54) is 0 Å². The minimum atomic E-state index is -0.235. The van der Waals surface area contributed by atoms with Gasteiger partial charge in [0.2, 0.25) is 5.91 Å². The number of nitrogens with one attached hydrogen (secondary N) is 1. The largest absolute Gasteiger partial charge is 0.353 e. The molecule has 0 aromatic carbocycles. The van der Waals surface area contributed by atoms with E-state index in [0.717, 1.165) is 36.8 Å². The third-order valence-electron chi connectivity index (χ3n) is 6.19. The summed E-state index contributed by atoms with van der Waals surface area (Å²) in [6, 6.07) is 2.25. The van der Waals surface area contributed by atoms with Gasteiger partial charge in [0.25, 0.3) is 0 Å². The number of ketones is 1. The van der Waals surface area contributed by atoms with Gasteiger partial charge in [-0.25, -0.2) is 0 Å². The second-order valence-electron chi connectivity index (χ2n) is 7.40. The zero-order valence-electron chi connectivity index (χ0n) is 13.9. The van der Waals surface area contributed by atoms with Crippen molar-refractivity contribution in [1.82, 2.24) is 5.32 Å². The lowest BCUT2D eigenvalue weighted by Gasteiger charge is -2.51. The van der Waals surface area contributed by atoms with E-state index >= 15 is 0 Å². The summed E-state index contributed by atoms with van der Waals surface area (Å²) in [5.74, 6) is 0.753. The van der Waals surface area contributed by atoms with Crippen molar-refractivity contribution in [3.05, 3.63) is 23.3 Å². The average molecular weight is 312 g/mol. The Morgan fingerprint density at radius 3 is 2.91 bits per heavy atom. The number of nitrogens with zero attached hydrogens (tertiary/aromatic N) is 1. The summed E-state index contributed by atoms with van der Waals surface area (Å²) >= 11 is 0. The van der Waals surface area contributed by atoms with Gasteiger partial charge in [0.05, 0.1) is 6.07 Å². The van der Waals surface area contributed by atoms with E-state index < -0.39 is 0 Å². The first kappa shape index (κ1) is 16.0. The SMILES string of the molecule is CC1=CC(=O)C2C(CCC3=CC(=O)NCCC32C)C1CCC#N. The molecular formula is C19H24N2O2. The van der Waals surface area contributed by atoms with Gasteiger partial charge in [-0.15, -0.1) is 0 Å². The molecule has 3 rings (SSSR count). The van der Waals surface area contributed by atoms with Crippen LogP contribution in [0.2, 0.25) is 0 Å². The number of fused-ring (bicyclic) bond motifs is 3. The molecule has 3 aliphatic rings. The van der Waals surface area contributed by atoms with Crippen LogP contribution < -0.4 is 5.32 Å². The van der Waals surface area contributed by atoms with Crippen molar-refractivity contribution in [2.75, 3.05) is 6.54 Å². The highest BCUT2D eigenvalue weighted by molar-refractivity contribution is 5.95. The van der Waals surface area contributed by atoms with Crippen molar-refractivity contribution < 1.29 is 9.59 Å². The number of hydrogen-bond acceptors (Lipinski definition) is 3. The van der Waals surface area contributed by atoms with E-state index in [2.05, 4.69) is 18.3 Å². The Kier molecular flexibility index (Phi) is 4.14. The number of allylic oxidation sites excluding steroid dienone is 3. The molecule has 4 nitrogen and oxygen atoms in total. The molecule has 1 fully saturated rings. The molecule has 4 heteroatoms. The predicted molar refractivity (Wildman–Crippen MR) is 87.1 cm³/mol. The molecule has 4 unspecified atom stereocenters. The molecule has 2 aliphatic carbocycles. The van der Waals surface area contributed by atoms with Gasteiger partial charge >= 0.3 is 0 Å². The fraction of sp³-hybridized carbons (Fsp3) is 0.632. The standard InChI is InChI=1S/C19H24N2O2/c1-12-10-16(22)18-15(14(12)4-3-8-20)6-5-13-11-17(23)21-9-7-19(13,18)2/h10-11,14-15,18H,3-7,9H2,1-2H3,(H,21,23). The van der Waals surface area contributed by atoms with Crippen LogP contribution in [0.3, 0.4) is 0 Å². The van der Waals surface area contributed by atoms with E-state index in [0.29, 0.717) is 24.8 Å². The van der Waals surface area contributed by atoms with E-state index in [9.17, 15) is 9.59 Å². The first-order chi connectivity index (χ1) is 11.0. The average Bonchev–Trinajstić information content (AvgIpc) is 2.64. The van der Waals surface area contributed by atoms with Gasteiger partial charge in [-0.05, 0) is 50.5 Å². The second-order valence-corrected chi connectivity index (χ2v) is 7.40. The molecule has 0 aromatic heterocycles. The Morgan fingerprint density at radius 2 is 2.17 bits per heavy atom. The number of hydrogen-bond donors (Lipinski definition) is 1. The molecule has 1 heterocycles. The molecule has 1 saturated carbocycles. The number of amides is 1.